The first kappa shape index (κ1) is 30.4. The Labute approximate surface area is 246 Å². The molecule has 0 saturated heterocycles. The summed E-state index contributed by atoms with van der Waals surface area (Å²) in [5.41, 5.74) is 3.99. The molecule has 44 heavy (non-hydrogen) atoms. The van der Waals surface area contributed by atoms with E-state index in [9.17, 15) is 31.9 Å². The van der Waals surface area contributed by atoms with Crippen LogP contribution in [0.15, 0.2) is 67.1 Å². The van der Waals surface area contributed by atoms with E-state index in [2.05, 4.69) is 39.5 Å². The number of carbonyl (C=O) groups excluding carboxylic acids is 1. The van der Waals surface area contributed by atoms with Gasteiger partial charge in [0.1, 0.15) is 0 Å². The van der Waals surface area contributed by atoms with Crippen LogP contribution in [0, 0.1) is 17.6 Å². The molecule has 1 aliphatic carbocycles. The van der Waals surface area contributed by atoms with E-state index in [0.29, 0.717) is 6.54 Å². The lowest BCUT2D eigenvalue weighted by Crippen LogP contribution is -2.31. The molecule has 1 saturated carbocycles. The molecule has 14 heteroatoms. The Bertz CT molecular complexity index is 1800. The number of alkyl halides is 3. The SMILES string of the molecule is O=C(NCC1CCC(n2cc3ccc(-c4cnn5ccccc45)cc3n2)CC1)c1cc(F)c(O)c(F)c1.O=C(O)C(F)(F)F. The van der Waals surface area contributed by atoms with Crippen molar-refractivity contribution in [2.75, 3.05) is 6.54 Å². The van der Waals surface area contributed by atoms with Gasteiger partial charge in [-0.15, -0.1) is 0 Å². The Kier molecular flexibility index (Phi) is 8.52. The number of carboxylic acids is 1. The molecule has 0 atom stereocenters. The minimum Gasteiger partial charge on any atom is -0.503 e. The van der Waals surface area contributed by atoms with E-state index >= 15 is 0 Å². The number of benzene rings is 2. The van der Waals surface area contributed by atoms with Crippen molar-refractivity contribution >= 4 is 28.3 Å². The number of nitrogens with zero attached hydrogens (tertiary/aromatic N) is 4. The van der Waals surface area contributed by atoms with E-state index in [-0.39, 0.29) is 17.5 Å². The van der Waals surface area contributed by atoms with Gasteiger partial charge >= 0.3 is 12.1 Å². The van der Waals surface area contributed by atoms with Gasteiger partial charge in [0, 0.05) is 35.5 Å². The van der Waals surface area contributed by atoms with Gasteiger partial charge in [0.05, 0.1) is 23.3 Å². The topological polar surface area (TPSA) is 122 Å². The van der Waals surface area contributed by atoms with E-state index in [1.807, 2.05) is 35.1 Å². The largest absolute Gasteiger partial charge is 0.503 e. The number of hydrogen-bond donors (Lipinski definition) is 3. The van der Waals surface area contributed by atoms with Gasteiger partial charge < -0.3 is 15.5 Å². The lowest BCUT2D eigenvalue weighted by atomic mass is 9.86. The molecular formula is C30H26F5N5O4. The van der Waals surface area contributed by atoms with Crippen molar-refractivity contribution in [2.45, 2.75) is 37.9 Å². The van der Waals surface area contributed by atoms with Crippen molar-refractivity contribution in [1.82, 2.24) is 24.7 Å². The Balaban J connectivity index is 0.000000493. The highest BCUT2D eigenvalue weighted by Gasteiger charge is 2.38. The molecule has 0 unspecified atom stereocenters. The first-order valence-corrected chi connectivity index (χ1v) is 13.6. The highest BCUT2D eigenvalue weighted by molar-refractivity contribution is 5.94. The number of halogens is 5. The summed E-state index contributed by atoms with van der Waals surface area (Å²) in [6, 6.07) is 14.3. The summed E-state index contributed by atoms with van der Waals surface area (Å²) in [5, 5.41) is 29.5. The minimum atomic E-state index is -5.08. The summed E-state index contributed by atoms with van der Waals surface area (Å²) >= 11 is 0. The van der Waals surface area contributed by atoms with Crippen molar-refractivity contribution in [3.05, 3.63) is 84.3 Å². The van der Waals surface area contributed by atoms with Crippen molar-refractivity contribution < 1.29 is 41.8 Å². The standard InChI is InChI=1S/C28H25F2N5O2.C2HF3O2/c29-23-11-20(12-24(30)27(23)36)28(37)31-14-17-4-8-21(9-5-17)35-16-19-7-6-18(13-25(19)33-35)22-15-32-34-10-2-1-3-26(22)34;3-2(4,5)1(6)7/h1-3,6-7,10-13,15-17,21,36H,4-5,8-9,14H2,(H,31,37);(H,6,7). The molecule has 0 bridgehead atoms. The lowest BCUT2D eigenvalue weighted by molar-refractivity contribution is -0.192. The van der Waals surface area contributed by atoms with Crippen molar-refractivity contribution in [3.63, 3.8) is 0 Å². The van der Waals surface area contributed by atoms with Crippen molar-refractivity contribution in [1.29, 1.82) is 0 Å². The van der Waals surface area contributed by atoms with Crippen LogP contribution in [0.3, 0.4) is 0 Å². The minimum absolute atomic E-state index is 0.145. The molecule has 5 aromatic rings. The predicted molar refractivity (Wildman–Crippen MR) is 149 cm³/mol. The summed E-state index contributed by atoms with van der Waals surface area (Å²) in [6.07, 6.45) is 4.49. The maximum absolute atomic E-state index is 13.6. The van der Waals surface area contributed by atoms with E-state index in [1.54, 1.807) is 0 Å². The van der Waals surface area contributed by atoms with Gasteiger partial charge in [0.25, 0.3) is 5.91 Å². The quantitative estimate of drug-likeness (QED) is 0.205. The summed E-state index contributed by atoms with van der Waals surface area (Å²) in [5.74, 6) is -6.41. The fourth-order valence-corrected chi connectivity index (χ4v) is 5.20. The summed E-state index contributed by atoms with van der Waals surface area (Å²) in [7, 11) is 0. The van der Waals surface area contributed by atoms with E-state index in [4.69, 9.17) is 15.0 Å². The number of rotatable bonds is 5. The van der Waals surface area contributed by atoms with E-state index in [0.717, 1.165) is 65.4 Å². The van der Waals surface area contributed by atoms with Crippen LogP contribution >= 0.6 is 0 Å². The molecule has 1 amide bonds. The maximum atomic E-state index is 13.6. The Morgan fingerprint density at radius 3 is 2.34 bits per heavy atom. The van der Waals surface area contributed by atoms with Crippen LogP contribution in [-0.2, 0) is 4.79 Å². The van der Waals surface area contributed by atoms with Crippen molar-refractivity contribution in [2.24, 2.45) is 5.92 Å². The van der Waals surface area contributed by atoms with Gasteiger partial charge in [0.2, 0.25) is 0 Å². The molecule has 1 aliphatic rings. The molecule has 0 radical (unpaired) electrons. The molecule has 9 nitrogen and oxygen atoms in total. The fraction of sp³-hybridized carbons (Fsp3) is 0.267. The Morgan fingerprint density at radius 1 is 1.00 bits per heavy atom. The number of nitrogens with one attached hydrogen (secondary N) is 1. The number of aromatic nitrogens is 4. The number of phenolic OH excluding ortho intramolecular Hbond substituents is 1. The predicted octanol–water partition coefficient (Wildman–Crippen LogP) is 6.13. The second-order valence-electron chi connectivity index (χ2n) is 10.4. The number of carboxylic acid groups (broad SMARTS) is 1. The highest BCUT2D eigenvalue weighted by Crippen LogP contribution is 2.34. The van der Waals surface area contributed by atoms with Crippen LogP contribution in [0.1, 0.15) is 42.1 Å². The average Bonchev–Trinajstić information content (AvgIpc) is 3.62. The number of phenols is 1. The third-order valence-corrected chi connectivity index (χ3v) is 7.53. The van der Waals surface area contributed by atoms with Gasteiger partial charge in [-0.1, -0.05) is 18.2 Å². The molecular weight excluding hydrogens is 589 g/mol. The first-order valence-electron chi connectivity index (χ1n) is 13.6. The Hall–Kier alpha value is -5.01. The van der Waals surface area contributed by atoms with Crippen molar-refractivity contribution in [3.8, 4) is 16.9 Å². The zero-order valence-electron chi connectivity index (χ0n) is 22.9. The lowest BCUT2D eigenvalue weighted by Gasteiger charge is -2.28. The molecule has 0 spiro atoms. The molecule has 3 heterocycles. The van der Waals surface area contributed by atoms with Crippen LogP contribution < -0.4 is 5.32 Å². The number of aromatic hydroxyl groups is 1. The maximum Gasteiger partial charge on any atom is 0.490 e. The molecule has 0 aliphatic heterocycles. The first-order chi connectivity index (χ1) is 20.9. The fourth-order valence-electron chi connectivity index (χ4n) is 5.20. The van der Waals surface area contributed by atoms with Crippen LogP contribution in [0.25, 0.3) is 27.5 Å². The Morgan fingerprint density at radius 2 is 1.68 bits per heavy atom. The molecule has 6 rings (SSSR count). The number of fused-ring (bicyclic) bond motifs is 2. The molecule has 3 aromatic heterocycles. The molecule has 3 N–H and O–H groups in total. The van der Waals surface area contributed by atoms with E-state index < -0.39 is 35.4 Å². The number of carbonyl (C=O) groups is 2. The molecule has 230 valence electrons. The highest BCUT2D eigenvalue weighted by atomic mass is 19.4. The number of pyridine rings is 1. The average molecular weight is 616 g/mol. The third-order valence-electron chi connectivity index (χ3n) is 7.53. The second kappa shape index (κ2) is 12.3. The third kappa shape index (κ3) is 6.63. The van der Waals surface area contributed by atoms with Gasteiger partial charge in [-0.3, -0.25) is 9.48 Å². The zero-order chi connectivity index (χ0) is 31.6. The van der Waals surface area contributed by atoms with E-state index in [1.165, 1.54) is 0 Å². The number of aliphatic carboxylic acids is 1. The number of amides is 1. The van der Waals surface area contributed by atoms with Gasteiger partial charge in [-0.05, 0) is 67.5 Å². The number of hydrogen-bond acceptors (Lipinski definition) is 5. The summed E-state index contributed by atoms with van der Waals surface area (Å²) < 4.78 is 62.8. The monoisotopic (exact) mass is 615 g/mol. The zero-order valence-corrected chi connectivity index (χ0v) is 22.9. The van der Waals surface area contributed by atoms with Gasteiger partial charge in [0.15, 0.2) is 17.4 Å². The molecule has 2 aromatic carbocycles. The molecule has 1 fully saturated rings. The van der Waals surface area contributed by atoms with Crippen LogP contribution in [0.2, 0.25) is 0 Å². The normalized spacial score (nSPS) is 16.8. The van der Waals surface area contributed by atoms with Crippen LogP contribution in [-0.4, -0.2) is 54.2 Å². The smallest absolute Gasteiger partial charge is 0.490 e. The van der Waals surface area contributed by atoms with Gasteiger partial charge in [-0.2, -0.15) is 23.4 Å². The van der Waals surface area contributed by atoms with Crippen LogP contribution in [0.4, 0.5) is 22.0 Å². The van der Waals surface area contributed by atoms with Crippen LogP contribution in [0.5, 0.6) is 5.75 Å². The summed E-state index contributed by atoms with van der Waals surface area (Å²) in [4.78, 5) is 21.2. The van der Waals surface area contributed by atoms with Gasteiger partial charge in [-0.25, -0.2) is 18.1 Å². The summed E-state index contributed by atoms with van der Waals surface area (Å²) in [6.45, 7) is 0.430. The second-order valence-corrected chi connectivity index (χ2v) is 10.4.